The highest BCUT2D eigenvalue weighted by Gasteiger charge is 2.20. The van der Waals surface area contributed by atoms with Gasteiger partial charge in [0.25, 0.3) is 0 Å². The van der Waals surface area contributed by atoms with E-state index >= 15 is 0 Å². The summed E-state index contributed by atoms with van der Waals surface area (Å²) in [6, 6.07) is 2.56. The fourth-order valence-corrected chi connectivity index (χ4v) is 1.53. The number of aromatic hydroxyl groups is 1. The average Bonchev–Trinajstić information content (AvgIpc) is 2.20. The van der Waals surface area contributed by atoms with Crippen molar-refractivity contribution >= 4 is 5.97 Å². The summed E-state index contributed by atoms with van der Waals surface area (Å²) in [7, 11) is 1.45. The van der Waals surface area contributed by atoms with Crippen molar-refractivity contribution in [1.29, 1.82) is 0 Å². The third kappa shape index (κ3) is 2.43. The van der Waals surface area contributed by atoms with E-state index in [0.29, 0.717) is 16.9 Å². The Kier molecular flexibility index (Phi) is 3.73. The van der Waals surface area contributed by atoms with Gasteiger partial charge in [-0.3, -0.25) is 4.79 Å². The molecular formula is C11H15NO4. The minimum Gasteiger partial charge on any atom is -0.507 e. The molecule has 1 unspecified atom stereocenters. The summed E-state index contributed by atoms with van der Waals surface area (Å²) >= 11 is 0. The van der Waals surface area contributed by atoms with Gasteiger partial charge in [-0.25, -0.2) is 0 Å². The van der Waals surface area contributed by atoms with Crippen molar-refractivity contribution in [2.24, 2.45) is 5.73 Å². The summed E-state index contributed by atoms with van der Waals surface area (Å²) in [5.74, 6) is -0.625. The Labute approximate surface area is 93.5 Å². The minimum atomic E-state index is -1.02. The zero-order valence-corrected chi connectivity index (χ0v) is 9.23. The molecule has 0 radical (unpaired) electrons. The van der Waals surface area contributed by atoms with Crippen molar-refractivity contribution < 1.29 is 19.7 Å². The number of methoxy groups -OCH3 is 1. The molecule has 5 nitrogen and oxygen atoms in total. The molecule has 1 aromatic rings. The summed E-state index contributed by atoms with van der Waals surface area (Å²) in [4.78, 5) is 10.6. The molecule has 0 saturated carbocycles. The van der Waals surface area contributed by atoms with E-state index in [1.54, 1.807) is 19.1 Å². The van der Waals surface area contributed by atoms with Crippen LogP contribution in [0.1, 0.15) is 23.6 Å². The molecule has 0 aromatic heterocycles. The number of aryl methyl sites for hydroxylation is 1. The summed E-state index contributed by atoms with van der Waals surface area (Å²) in [6.07, 6.45) is -0.257. The second kappa shape index (κ2) is 4.85. The number of benzene rings is 1. The van der Waals surface area contributed by atoms with Crippen molar-refractivity contribution in [2.45, 2.75) is 19.4 Å². The molecule has 0 fully saturated rings. The maximum atomic E-state index is 10.6. The quantitative estimate of drug-likeness (QED) is 0.715. The fourth-order valence-electron chi connectivity index (χ4n) is 1.53. The van der Waals surface area contributed by atoms with E-state index in [4.69, 9.17) is 15.6 Å². The molecule has 0 amide bonds. The van der Waals surface area contributed by atoms with Crippen LogP contribution in [-0.4, -0.2) is 23.3 Å². The third-order valence-corrected chi connectivity index (χ3v) is 2.36. The van der Waals surface area contributed by atoms with Gasteiger partial charge in [-0.15, -0.1) is 0 Å². The first-order valence-corrected chi connectivity index (χ1v) is 4.81. The Bertz CT molecular complexity index is 403. The fraction of sp³-hybridized carbons (Fsp3) is 0.364. The Balaban J connectivity index is 3.18. The number of hydrogen-bond donors (Lipinski definition) is 3. The van der Waals surface area contributed by atoms with Gasteiger partial charge in [0.05, 0.1) is 19.1 Å². The largest absolute Gasteiger partial charge is 0.507 e. The normalized spacial score (nSPS) is 12.2. The number of carbonyl (C=O) groups is 1. The van der Waals surface area contributed by atoms with Gasteiger partial charge >= 0.3 is 5.97 Å². The molecule has 1 rings (SSSR count). The highest BCUT2D eigenvalue weighted by Crippen LogP contribution is 2.36. The Morgan fingerprint density at radius 1 is 1.56 bits per heavy atom. The topological polar surface area (TPSA) is 92.8 Å². The van der Waals surface area contributed by atoms with Gasteiger partial charge in [-0.2, -0.15) is 0 Å². The highest BCUT2D eigenvalue weighted by molar-refractivity contribution is 5.68. The molecule has 0 spiro atoms. The molecule has 1 atom stereocenters. The van der Waals surface area contributed by atoms with Crippen LogP contribution in [0, 0.1) is 6.92 Å². The average molecular weight is 225 g/mol. The number of nitrogens with two attached hydrogens (primary N) is 1. The first-order valence-electron chi connectivity index (χ1n) is 4.81. The summed E-state index contributed by atoms with van der Waals surface area (Å²) in [5, 5.41) is 18.5. The monoisotopic (exact) mass is 225 g/mol. The number of carboxylic acids is 1. The van der Waals surface area contributed by atoms with Crippen molar-refractivity contribution in [2.75, 3.05) is 7.11 Å². The van der Waals surface area contributed by atoms with Gasteiger partial charge < -0.3 is 20.7 Å². The van der Waals surface area contributed by atoms with Crippen LogP contribution < -0.4 is 10.5 Å². The van der Waals surface area contributed by atoms with Crippen molar-refractivity contribution in [3.8, 4) is 11.5 Å². The third-order valence-electron chi connectivity index (χ3n) is 2.36. The lowest BCUT2D eigenvalue weighted by Gasteiger charge is -2.16. The number of phenols is 1. The molecule has 88 valence electrons. The zero-order valence-electron chi connectivity index (χ0n) is 9.23. The van der Waals surface area contributed by atoms with Crippen LogP contribution in [0.25, 0.3) is 0 Å². The molecule has 0 aliphatic heterocycles. The second-order valence-corrected chi connectivity index (χ2v) is 3.55. The Hall–Kier alpha value is -1.75. The lowest BCUT2D eigenvalue weighted by molar-refractivity contribution is -0.137. The Morgan fingerprint density at radius 3 is 2.69 bits per heavy atom. The van der Waals surface area contributed by atoms with Crippen LogP contribution in [0.15, 0.2) is 12.1 Å². The van der Waals surface area contributed by atoms with E-state index in [1.165, 1.54) is 7.11 Å². The second-order valence-electron chi connectivity index (χ2n) is 3.55. The molecular weight excluding hydrogens is 210 g/mol. The van der Waals surface area contributed by atoms with Crippen LogP contribution >= 0.6 is 0 Å². The summed E-state index contributed by atoms with van der Waals surface area (Å²) in [5.41, 5.74) is 6.69. The van der Waals surface area contributed by atoms with Gasteiger partial charge in [0.15, 0.2) is 0 Å². The number of hydrogen-bond acceptors (Lipinski definition) is 4. The maximum absolute atomic E-state index is 10.6. The van der Waals surface area contributed by atoms with Gasteiger partial charge in [-0.1, -0.05) is 6.07 Å². The number of rotatable bonds is 4. The van der Waals surface area contributed by atoms with Gasteiger partial charge in [0.1, 0.15) is 11.5 Å². The molecule has 4 N–H and O–H groups in total. The van der Waals surface area contributed by atoms with Gasteiger partial charge in [-0.05, 0) is 18.6 Å². The van der Waals surface area contributed by atoms with E-state index in [-0.39, 0.29) is 12.2 Å². The van der Waals surface area contributed by atoms with E-state index in [1.807, 2.05) is 0 Å². The van der Waals surface area contributed by atoms with Crippen molar-refractivity contribution in [3.05, 3.63) is 23.3 Å². The lowest BCUT2D eigenvalue weighted by atomic mass is 9.99. The lowest BCUT2D eigenvalue weighted by Crippen LogP contribution is -2.16. The van der Waals surface area contributed by atoms with Gasteiger partial charge in [0, 0.05) is 6.04 Å². The molecule has 0 saturated heterocycles. The van der Waals surface area contributed by atoms with E-state index in [9.17, 15) is 9.90 Å². The van der Waals surface area contributed by atoms with Crippen LogP contribution in [0.3, 0.4) is 0 Å². The molecule has 0 aliphatic rings. The predicted molar refractivity (Wildman–Crippen MR) is 58.6 cm³/mol. The minimum absolute atomic E-state index is 0.00639. The molecule has 0 heterocycles. The Morgan fingerprint density at radius 2 is 2.19 bits per heavy atom. The van der Waals surface area contributed by atoms with Crippen molar-refractivity contribution in [1.82, 2.24) is 0 Å². The standard InChI is InChI=1S/C11H15NO4/c1-6-3-4-8(16-2)10(11(6)15)7(12)5-9(13)14/h3-4,7,15H,5,12H2,1-2H3,(H,13,14). The maximum Gasteiger partial charge on any atom is 0.305 e. The van der Waals surface area contributed by atoms with E-state index in [0.717, 1.165) is 0 Å². The van der Waals surface area contributed by atoms with E-state index in [2.05, 4.69) is 0 Å². The summed E-state index contributed by atoms with van der Waals surface area (Å²) < 4.78 is 5.05. The van der Waals surface area contributed by atoms with Crippen LogP contribution in [-0.2, 0) is 4.79 Å². The molecule has 5 heteroatoms. The number of carboxylic acid groups (broad SMARTS) is 1. The number of phenolic OH excluding ortho intramolecular Hbond substituents is 1. The molecule has 1 aromatic carbocycles. The SMILES string of the molecule is COc1ccc(C)c(O)c1C(N)CC(=O)O. The van der Waals surface area contributed by atoms with Crippen molar-refractivity contribution in [3.63, 3.8) is 0 Å². The number of aliphatic carboxylic acids is 1. The van der Waals surface area contributed by atoms with Crippen LogP contribution in [0.5, 0.6) is 11.5 Å². The number of ether oxygens (including phenoxy) is 1. The zero-order chi connectivity index (χ0) is 12.3. The summed E-state index contributed by atoms with van der Waals surface area (Å²) in [6.45, 7) is 1.71. The molecule has 16 heavy (non-hydrogen) atoms. The van der Waals surface area contributed by atoms with Crippen LogP contribution in [0.4, 0.5) is 0 Å². The molecule has 0 aliphatic carbocycles. The van der Waals surface area contributed by atoms with Crippen LogP contribution in [0.2, 0.25) is 0 Å². The predicted octanol–water partition coefficient (Wildman–Crippen LogP) is 1.18. The smallest absolute Gasteiger partial charge is 0.305 e. The van der Waals surface area contributed by atoms with Gasteiger partial charge in [0.2, 0.25) is 0 Å². The van der Waals surface area contributed by atoms with E-state index < -0.39 is 12.0 Å². The molecule has 0 bridgehead atoms. The first kappa shape index (κ1) is 12.3. The highest BCUT2D eigenvalue weighted by atomic mass is 16.5. The first-order chi connectivity index (χ1) is 7.47.